The molecule has 0 radical (unpaired) electrons. The molecule has 23 heavy (non-hydrogen) atoms. The van der Waals surface area contributed by atoms with E-state index in [0.29, 0.717) is 6.42 Å². The van der Waals surface area contributed by atoms with Crippen LogP contribution in [0.2, 0.25) is 0 Å². The van der Waals surface area contributed by atoms with Crippen LogP contribution in [0.4, 0.5) is 0 Å². The van der Waals surface area contributed by atoms with Crippen molar-refractivity contribution in [1.29, 1.82) is 0 Å². The van der Waals surface area contributed by atoms with Crippen molar-refractivity contribution in [2.75, 3.05) is 0 Å². The molecule has 0 aromatic heterocycles. The fraction of sp³-hybridized carbons (Fsp3) is 0.750. The number of carboxylic acid groups (broad SMARTS) is 1. The molecule has 5 atom stereocenters. The molecule has 0 amide bonds. The smallest absolute Gasteiger partial charge is 0.309 e. The first kappa shape index (κ1) is 15.4. The van der Waals surface area contributed by atoms with Gasteiger partial charge in [-0.25, -0.2) is 0 Å². The molecule has 0 heterocycles. The number of carboxylic acids is 1. The number of allylic oxidation sites excluding steroid dienone is 1. The third-order valence-corrected chi connectivity index (χ3v) is 8.00. The Morgan fingerprint density at radius 3 is 2.74 bits per heavy atom. The number of hydrogen-bond acceptors (Lipinski definition) is 2. The van der Waals surface area contributed by atoms with Gasteiger partial charge in [0.1, 0.15) is 0 Å². The van der Waals surface area contributed by atoms with E-state index in [1.807, 2.05) is 6.92 Å². The van der Waals surface area contributed by atoms with Crippen LogP contribution in [-0.4, -0.2) is 21.8 Å². The lowest BCUT2D eigenvalue weighted by atomic mass is 9.44. The molecule has 0 aromatic carbocycles. The number of aliphatic hydroxyl groups is 1. The highest BCUT2D eigenvalue weighted by Gasteiger charge is 2.64. The number of carbonyl (C=O) groups is 1. The van der Waals surface area contributed by atoms with Crippen molar-refractivity contribution >= 4 is 5.97 Å². The van der Waals surface area contributed by atoms with E-state index in [1.165, 1.54) is 5.57 Å². The van der Waals surface area contributed by atoms with Crippen LogP contribution in [0.5, 0.6) is 0 Å². The van der Waals surface area contributed by atoms with Crippen LogP contribution in [-0.2, 0) is 4.79 Å². The van der Waals surface area contributed by atoms with Gasteiger partial charge in [-0.2, -0.15) is 0 Å². The molecule has 3 fully saturated rings. The Morgan fingerprint density at radius 1 is 1.30 bits per heavy atom. The van der Waals surface area contributed by atoms with Crippen LogP contribution in [0.1, 0.15) is 65.2 Å². The standard InChI is InChI=1S/C20H28O3/c1-13-11-19-9-5-14-17(2,7-4-8-18(14,3)16(21)22)15(19)6-10-20(13,23)12-19/h6,14,23H,1,4-5,7-12H2,2-3H3,(H,21,22). The average molecular weight is 316 g/mol. The molecule has 0 aromatic rings. The SMILES string of the molecule is C=C1CC23CCC4C(C)(C(=O)O)CCCC4(C)C2=CCC1(O)C3. The molecule has 0 saturated heterocycles. The van der Waals surface area contributed by atoms with Crippen LogP contribution in [0.3, 0.4) is 0 Å². The normalized spacial score (nSPS) is 51.7. The maximum absolute atomic E-state index is 12.0. The van der Waals surface area contributed by atoms with E-state index in [0.717, 1.165) is 50.5 Å². The summed E-state index contributed by atoms with van der Waals surface area (Å²) in [7, 11) is 0. The van der Waals surface area contributed by atoms with Crippen molar-refractivity contribution in [3.05, 3.63) is 23.8 Å². The maximum Gasteiger partial charge on any atom is 0.309 e. The Balaban J connectivity index is 1.81. The molecule has 3 nitrogen and oxygen atoms in total. The number of aliphatic carboxylic acids is 1. The minimum atomic E-state index is -0.711. The van der Waals surface area contributed by atoms with Gasteiger partial charge >= 0.3 is 5.97 Å². The van der Waals surface area contributed by atoms with Gasteiger partial charge in [0.15, 0.2) is 0 Å². The Kier molecular flexibility index (Phi) is 2.89. The summed E-state index contributed by atoms with van der Waals surface area (Å²) in [6, 6.07) is 0. The highest BCUT2D eigenvalue weighted by atomic mass is 16.4. The summed E-state index contributed by atoms with van der Waals surface area (Å²) in [6.07, 6.45) is 9.44. The van der Waals surface area contributed by atoms with Gasteiger partial charge in [0.05, 0.1) is 11.0 Å². The van der Waals surface area contributed by atoms with Crippen molar-refractivity contribution in [2.45, 2.75) is 70.8 Å². The molecular formula is C20H28O3. The predicted molar refractivity (Wildman–Crippen MR) is 88.9 cm³/mol. The molecule has 2 N–H and O–H groups in total. The first-order valence-corrected chi connectivity index (χ1v) is 9.02. The highest BCUT2D eigenvalue weighted by Crippen LogP contribution is 2.71. The second kappa shape index (κ2) is 4.30. The fourth-order valence-corrected chi connectivity index (χ4v) is 6.88. The van der Waals surface area contributed by atoms with Crippen LogP contribution < -0.4 is 0 Å². The molecule has 0 aliphatic heterocycles. The van der Waals surface area contributed by atoms with Crippen molar-refractivity contribution in [3.63, 3.8) is 0 Å². The lowest BCUT2D eigenvalue weighted by Gasteiger charge is -2.60. The van der Waals surface area contributed by atoms with Crippen molar-refractivity contribution in [2.24, 2.45) is 22.2 Å². The lowest BCUT2D eigenvalue weighted by molar-refractivity contribution is -0.161. The van der Waals surface area contributed by atoms with Crippen LogP contribution in [0, 0.1) is 22.2 Å². The van der Waals surface area contributed by atoms with E-state index < -0.39 is 17.0 Å². The zero-order valence-electron chi connectivity index (χ0n) is 14.3. The summed E-state index contributed by atoms with van der Waals surface area (Å²) in [5.41, 5.74) is 1.14. The van der Waals surface area contributed by atoms with Crippen LogP contribution >= 0.6 is 0 Å². The molecule has 3 saturated carbocycles. The van der Waals surface area contributed by atoms with Gasteiger partial charge in [-0.1, -0.05) is 31.6 Å². The van der Waals surface area contributed by atoms with Gasteiger partial charge in [-0.05, 0) is 74.2 Å². The lowest BCUT2D eigenvalue weighted by Crippen LogP contribution is -2.55. The van der Waals surface area contributed by atoms with E-state index in [2.05, 4.69) is 19.6 Å². The van der Waals surface area contributed by atoms with E-state index in [4.69, 9.17) is 0 Å². The number of hydrogen-bond donors (Lipinski definition) is 2. The van der Waals surface area contributed by atoms with Crippen molar-refractivity contribution in [3.8, 4) is 0 Å². The summed E-state index contributed by atoms with van der Waals surface area (Å²) >= 11 is 0. The quantitative estimate of drug-likeness (QED) is 0.717. The largest absolute Gasteiger partial charge is 0.481 e. The molecule has 5 unspecified atom stereocenters. The molecular weight excluding hydrogens is 288 g/mol. The van der Waals surface area contributed by atoms with E-state index in [-0.39, 0.29) is 16.7 Å². The summed E-state index contributed by atoms with van der Waals surface area (Å²) in [5.74, 6) is -0.425. The Bertz CT molecular complexity index is 635. The molecule has 1 spiro atoms. The van der Waals surface area contributed by atoms with E-state index >= 15 is 0 Å². The monoisotopic (exact) mass is 316 g/mol. The second-order valence-corrected chi connectivity index (χ2v) is 9.18. The van der Waals surface area contributed by atoms with Gasteiger partial charge in [0, 0.05) is 0 Å². The molecule has 4 rings (SSSR count). The molecule has 4 aliphatic carbocycles. The summed E-state index contributed by atoms with van der Waals surface area (Å²) < 4.78 is 0. The molecule has 126 valence electrons. The van der Waals surface area contributed by atoms with Gasteiger partial charge < -0.3 is 10.2 Å². The van der Waals surface area contributed by atoms with Crippen molar-refractivity contribution < 1.29 is 15.0 Å². The zero-order valence-corrected chi connectivity index (χ0v) is 14.3. The first-order valence-electron chi connectivity index (χ1n) is 9.02. The summed E-state index contributed by atoms with van der Waals surface area (Å²) in [6.45, 7) is 8.42. The summed E-state index contributed by atoms with van der Waals surface area (Å²) in [5, 5.41) is 20.7. The minimum Gasteiger partial charge on any atom is -0.481 e. The second-order valence-electron chi connectivity index (χ2n) is 9.18. The maximum atomic E-state index is 12.0. The van der Waals surface area contributed by atoms with Crippen LogP contribution in [0.15, 0.2) is 23.8 Å². The average Bonchev–Trinajstić information content (AvgIpc) is 2.63. The summed E-state index contributed by atoms with van der Waals surface area (Å²) in [4.78, 5) is 12.0. The minimum absolute atomic E-state index is 0.0322. The Morgan fingerprint density at radius 2 is 2.04 bits per heavy atom. The fourth-order valence-electron chi connectivity index (χ4n) is 6.88. The van der Waals surface area contributed by atoms with Crippen LogP contribution in [0.25, 0.3) is 0 Å². The van der Waals surface area contributed by atoms with E-state index in [9.17, 15) is 15.0 Å². The molecule has 3 heteroatoms. The van der Waals surface area contributed by atoms with Crippen molar-refractivity contribution in [1.82, 2.24) is 0 Å². The Labute approximate surface area is 138 Å². The third kappa shape index (κ3) is 1.72. The predicted octanol–water partition coefficient (Wildman–Crippen LogP) is 4.08. The van der Waals surface area contributed by atoms with Gasteiger partial charge in [0.2, 0.25) is 0 Å². The van der Waals surface area contributed by atoms with Gasteiger partial charge in [-0.3, -0.25) is 4.79 Å². The topological polar surface area (TPSA) is 57.5 Å². The number of fused-ring (bicyclic) bond motifs is 3. The first-order chi connectivity index (χ1) is 10.7. The van der Waals surface area contributed by atoms with Gasteiger partial charge in [0.25, 0.3) is 0 Å². The molecule has 2 bridgehead atoms. The zero-order chi connectivity index (χ0) is 16.7. The Hall–Kier alpha value is -1.09. The van der Waals surface area contributed by atoms with E-state index in [1.54, 1.807) is 0 Å². The number of rotatable bonds is 1. The third-order valence-electron chi connectivity index (χ3n) is 8.00. The highest BCUT2D eigenvalue weighted by molar-refractivity contribution is 5.75. The molecule has 4 aliphatic rings. The van der Waals surface area contributed by atoms with Gasteiger partial charge in [-0.15, -0.1) is 0 Å².